The van der Waals surface area contributed by atoms with Crippen molar-refractivity contribution in [3.05, 3.63) is 42.6 Å². The van der Waals surface area contributed by atoms with E-state index < -0.39 is 0 Å². The minimum atomic E-state index is -0.0445. The highest BCUT2D eigenvalue weighted by Gasteiger charge is 2.08. The minimum Gasteiger partial charge on any atom is -0.392 e. The highest BCUT2D eigenvalue weighted by Crippen LogP contribution is 2.21. The largest absolute Gasteiger partial charge is 0.392 e. The first kappa shape index (κ1) is 10.7. The van der Waals surface area contributed by atoms with E-state index >= 15 is 0 Å². The van der Waals surface area contributed by atoms with Crippen molar-refractivity contribution in [2.45, 2.75) is 6.61 Å². The van der Waals surface area contributed by atoms with E-state index in [9.17, 15) is 0 Å². The molecule has 0 spiro atoms. The van der Waals surface area contributed by atoms with Gasteiger partial charge in [0, 0.05) is 12.4 Å². The van der Waals surface area contributed by atoms with Gasteiger partial charge in [0.25, 0.3) is 0 Å². The lowest BCUT2D eigenvalue weighted by molar-refractivity contribution is 0.281. The fourth-order valence-electron chi connectivity index (χ4n) is 1.87. The zero-order valence-electron chi connectivity index (χ0n) is 9.48. The van der Waals surface area contributed by atoms with Crippen LogP contribution in [0.3, 0.4) is 0 Å². The number of nitrogens with two attached hydrogens (primary N) is 1. The van der Waals surface area contributed by atoms with E-state index in [1.165, 1.54) is 6.33 Å². The Bertz CT molecular complexity index is 707. The molecule has 3 aromatic rings. The molecule has 0 saturated carbocycles. The molecule has 0 aromatic carbocycles. The van der Waals surface area contributed by atoms with Gasteiger partial charge >= 0.3 is 0 Å². The van der Waals surface area contributed by atoms with E-state index in [-0.39, 0.29) is 6.61 Å². The molecule has 0 atom stereocenters. The molecule has 3 heterocycles. The van der Waals surface area contributed by atoms with Crippen LogP contribution in [0.1, 0.15) is 5.56 Å². The molecule has 3 N–H and O–H groups in total. The Morgan fingerprint density at radius 1 is 1.28 bits per heavy atom. The maximum Gasteiger partial charge on any atom is 0.150 e. The number of aromatic nitrogens is 4. The Labute approximate surface area is 103 Å². The van der Waals surface area contributed by atoms with E-state index in [2.05, 4.69) is 15.0 Å². The predicted octanol–water partition coefficient (Wildman–Crippen LogP) is 0.890. The summed E-state index contributed by atoms with van der Waals surface area (Å²) in [4.78, 5) is 12.2. The number of nitrogen functional groups attached to an aromatic ring is 1. The van der Waals surface area contributed by atoms with Crippen LogP contribution in [-0.2, 0) is 6.61 Å². The van der Waals surface area contributed by atoms with Gasteiger partial charge in [-0.15, -0.1) is 0 Å². The van der Waals surface area contributed by atoms with E-state index in [1.54, 1.807) is 12.4 Å². The first-order valence-electron chi connectivity index (χ1n) is 5.42. The molecule has 0 unspecified atom stereocenters. The van der Waals surface area contributed by atoms with Gasteiger partial charge < -0.3 is 10.8 Å². The molecule has 0 amide bonds. The Morgan fingerprint density at radius 2 is 2.17 bits per heavy atom. The Kier molecular flexibility index (Phi) is 2.42. The molecular formula is C12H11N5O. The van der Waals surface area contributed by atoms with Crippen LogP contribution in [0.4, 0.5) is 5.82 Å². The molecule has 0 fully saturated rings. The molecule has 3 aromatic heterocycles. The molecule has 90 valence electrons. The van der Waals surface area contributed by atoms with Gasteiger partial charge in [-0.25, -0.2) is 9.97 Å². The smallest absolute Gasteiger partial charge is 0.150 e. The number of anilines is 1. The summed E-state index contributed by atoms with van der Waals surface area (Å²) < 4.78 is 1.86. The third-order valence-corrected chi connectivity index (χ3v) is 2.75. The van der Waals surface area contributed by atoms with Crippen molar-refractivity contribution in [1.29, 1.82) is 0 Å². The van der Waals surface area contributed by atoms with E-state index in [1.807, 2.05) is 22.9 Å². The molecule has 6 heteroatoms. The first-order valence-corrected chi connectivity index (χ1v) is 5.42. The molecule has 3 rings (SSSR count). The minimum absolute atomic E-state index is 0.0445. The Balaban J connectivity index is 2.22. The summed E-state index contributed by atoms with van der Waals surface area (Å²) in [7, 11) is 0. The third kappa shape index (κ3) is 1.59. The summed E-state index contributed by atoms with van der Waals surface area (Å²) in [6.07, 6.45) is 6.61. The highest BCUT2D eigenvalue weighted by molar-refractivity contribution is 5.87. The number of aliphatic hydroxyl groups excluding tert-OH is 1. The maximum absolute atomic E-state index is 9.12. The third-order valence-electron chi connectivity index (χ3n) is 2.75. The van der Waals surface area contributed by atoms with Gasteiger partial charge in [-0.1, -0.05) is 0 Å². The second kappa shape index (κ2) is 4.08. The van der Waals surface area contributed by atoms with Crippen LogP contribution in [0.2, 0.25) is 0 Å². The standard InChI is InChI=1S/C12H11N5O/c13-11-10-1-2-17(12(10)16-7-15-11)9-3-8(6-18)4-14-5-9/h1-5,7,18H,6H2,(H2,13,15,16). The van der Waals surface area contributed by atoms with E-state index in [4.69, 9.17) is 10.8 Å². The molecule has 0 bridgehead atoms. The maximum atomic E-state index is 9.12. The number of fused-ring (bicyclic) bond motifs is 1. The van der Waals surface area contributed by atoms with E-state index in [0.29, 0.717) is 5.82 Å². The summed E-state index contributed by atoms with van der Waals surface area (Å²) in [5.41, 5.74) is 8.08. The summed E-state index contributed by atoms with van der Waals surface area (Å²) in [6, 6.07) is 3.71. The first-order chi connectivity index (χ1) is 8.79. The molecule has 0 radical (unpaired) electrons. The van der Waals surface area contributed by atoms with Crippen LogP contribution in [0, 0.1) is 0 Å². The van der Waals surface area contributed by atoms with Crippen LogP contribution in [-0.4, -0.2) is 24.6 Å². The van der Waals surface area contributed by atoms with Gasteiger partial charge in [-0.05, 0) is 17.7 Å². The SMILES string of the molecule is Nc1ncnc2c1ccn2-c1cncc(CO)c1. The molecule has 6 nitrogen and oxygen atoms in total. The number of rotatable bonds is 2. The second-order valence-corrected chi connectivity index (χ2v) is 3.89. The van der Waals surface area contributed by atoms with E-state index in [0.717, 1.165) is 22.3 Å². The van der Waals surface area contributed by atoms with Gasteiger partial charge in [0.2, 0.25) is 0 Å². The van der Waals surface area contributed by atoms with Crippen molar-refractivity contribution in [3.8, 4) is 5.69 Å². The van der Waals surface area contributed by atoms with Crippen molar-refractivity contribution in [2.75, 3.05) is 5.73 Å². The van der Waals surface area contributed by atoms with Gasteiger partial charge in [-0.2, -0.15) is 0 Å². The zero-order valence-corrected chi connectivity index (χ0v) is 9.48. The average Bonchev–Trinajstić information content (AvgIpc) is 2.84. The fraction of sp³-hybridized carbons (Fsp3) is 0.0833. The monoisotopic (exact) mass is 241 g/mol. The fourth-order valence-corrected chi connectivity index (χ4v) is 1.87. The van der Waals surface area contributed by atoms with Crippen molar-refractivity contribution < 1.29 is 5.11 Å². The van der Waals surface area contributed by atoms with Crippen molar-refractivity contribution in [2.24, 2.45) is 0 Å². The second-order valence-electron chi connectivity index (χ2n) is 3.89. The summed E-state index contributed by atoms with van der Waals surface area (Å²) in [6.45, 7) is -0.0445. The van der Waals surface area contributed by atoms with Crippen LogP contribution in [0.15, 0.2) is 37.1 Å². The Morgan fingerprint density at radius 3 is 3.00 bits per heavy atom. The molecule has 0 saturated heterocycles. The normalized spacial score (nSPS) is 10.9. The van der Waals surface area contributed by atoms with Crippen LogP contribution < -0.4 is 5.73 Å². The number of aliphatic hydroxyl groups is 1. The number of hydrogen-bond acceptors (Lipinski definition) is 5. The number of hydrogen-bond donors (Lipinski definition) is 2. The Hall–Kier alpha value is -2.47. The lowest BCUT2D eigenvalue weighted by atomic mass is 10.3. The highest BCUT2D eigenvalue weighted by atomic mass is 16.3. The lowest BCUT2D eigenvalue weighted by Gasteiger charge is -2.05. The van der Waals surface area contributed by atoms with Crippen molar-refractivity contribution >= 4 is 16.9 Å². The summed E-state index contributed by atoms with van der Waals surface area (Å²) in [5, 5.41) is 9.92. The molecular weight excluding hydrogens is 230 g/mol. The number of nitrogens with zero attached hydrogens (tertiary/aromatic N) is 4. The molecule has 0 aliphatic heterocycles. The zero-order chi connectivity index (χ0) is 12.5. The average molecular weight is 241 g/mol. The predicted molar refractivity (Wildman–Crippen MR) is 67.0 cm³/mol. The van der Waals surface area contributed by atoms with Crippen LogP contribution >= 0.6 is 0 Å². The van der Waals surface area contributed by atoms with Gasteiger partial charge in [0.1, 0.15) is 17.8 Å². The molecule has 0 aliphatic carbocycles. The van der Waals surface area contributed by atoms with Gasteiger partial charge in [-0.3, -0.25) is 9.55 Å². The van der Waals surface area contributed by atoms with Crippen molar-refractivity contribution in [1.82, 2.24) is 19.5 Å². The van der Waals surface area contributed by atoms with Crippen LogP contribution in [0.5, 0.6) is 0 Å². The molecule has 0 aliphatic rings. The number of pyridine rings is 1. The topological polar surface area (TPSA) is 89.9 Å². The van der Waals surface area contributed by atoms with Crippen LogP contribution in [0.25, 0.3) is 16.7 Å². The van der Waals surface area contributed by atoms with Gasteiger partial charge in [0.05, 0.1) is 23.9 Å². The lowest BCUT2D eigenvalue weighted by Crippen LogP contribution is -1.98. The summed E-state index contributed by atoms with van der Waals surface area (Å²) in [5.74, 6) is 0.449. The van der Waals surface area contributed by atoms with Crippen molar-refractivity contribution in [3.63, 3.8) is 0 Å². The van der Waals surface area contributed by atoms with Gasteiger partial charge in [0.15, 0.2) is 0 Å². The summed E-state index contributed by atoms with van der Waals surface area (Å²) >= 11 is 0. The quantitative estimate of drug-likeness (QED) is 0.695. The molecule has 18 heavy (non-hydrogen) atoms.